The van der Waals surface area contributed by atoms with Gasteiger partial charge in [0.05, 0.1) is 19.8 Å². The van der Waals surface area contributed by atoms with Crippen LogP contribution in [0.2, 0.25) is 0 Å². The quantitative estimate of drug-likeness (QED) is 0.275. The zero-order chi connectivity index (χ0) is 22.8. The summed E-state index contributed by atoms with van der Waals surface area (Å²) in [6.45, 7) is 4.87. The number of hydrogen-bond acceptors (Lipinski definition) is 5. The number of piperidine rings is 1. The number of guanidine groups is 1. The standard InChI is InChI=1S/C25H36N4O3.HI/c1-26-25(28(2)16-17-32-24-10-8-23(31-3)9-11-24)27-18-20-4-6-21(7-5-20)19-29-14-12-22(30)13-15-29;/h4-11,22,30H,12-19H2,1-3H3,(H,26,27);1H. The summed E-state index contributed by atoms with van der Waals surface area (Å²) >= 11 is 0. The van der Waals surface area contributed by atoms with Gasteiger partial charge in [0.15, 0.2) is 5.96 Å². The van der Waals surface area contributed by atoms with E-state index < -0.39 is 0 Å². The zero-order valence-corrected chi connectivity index (χ0v) is 22.2. The molecule has 0 atom stereocenters. The summed E-state index contributed by atoms with van der Waals surface area (Å²) in [5, 5.41) is 13.1. The molecule has 0 amide bonds. The van der Waals surface area contributed by atoms with Crippen LogP contribution in [0.15, 0.2) is 53.5 Å². The lowest BCUT2D eigenvalue weighted by Gasteiger charge is -2.29. The number of halogens is 1. The number of likely N-dealkylation sites (N-methyl/N-ethyl adjacent to an activating group) is 1. The lowest BCUT2D eigenvalue weighted by atomic mass is 10.1. The molecule has 3 rings (SSSR count). The molecule has 2 N–H and O–H groups in total. The molecule has 182 valence electrons. The van der Waals surface area contributed by atoms with Gasteiger partial charge in [0.1, 0.15) is 18.1 Å². The largest absolute Gasteiger partial charge is 0.497 e. The van der Waals surface area contributed by atoms with Crippen LogP contribution in [0.1, 0.15) is 24.0 Å². The Balaban J connectivity index is 0.00000385. The lowest BCUT2D eigenvalue weighted by Crippen LogP contribution is -2.40. The van der Waals surface area contributed by atoms with Gasteiger partial charge in [-0.15, -0.1) is 24.0 Å². The molecule has 8 heteroatoms. The second-order valence-corrected chi connectivity index (χ2v) is 8.17. The molecule has 1 aliphatic rings. The number of methoxy groups -OCH3 is 1. The number of aliphatic hydroxyl groups is 1. The van der Waals surface area contributed by atoms with E-state index in [1.807, 2.05) is 31.3 Å². The fourth-order valence-electron chi connectivity index (χ4n) is 3.74. The first kappa shape index (κ1) is 27.2. The summed E-state index contributed by atoms with van der Waals surface area (Å²) in [5.74, 6) is 2.47. The van der Waals surface area contributed by atoms with Gasteiger partial charge in [-0.1, -0.05) is 24.3 Å². The highest BCUT2D eigenvalue weighted by Gasteiger charge is 2.16. The van der Waals surface area contributed by atoms with Gasteiger partial charge in [-0.05, 0) is 48.2 Å². The monoisotopic (exact) mass is 568 g/mol. The molecule has 1 aliphatic heterocycles. The molecule has 7 nitrogen and oxygen atoms in total. The predicted octanol–water partition coefficient (Wildman–Crippen LogP) is 3.36. The number of aliphatic imine (C=N–C) groups is 1. The Bertz CT molecular complexity index is 838. The van der Waals surface area contributed by atoms with Crippen molar-refractivity contribution in [3.63, 3.8) is 0 Å². The lowest BCUT2D eigenvalue weighted by molar-refractivity contribution is 0.0792. The maximum atomic E-state index is 9.65. The van der Waals surface area contributed by atoms with Gasteiger partial charge in [-0.2, -0.15) is 0 Å². The highest BCUT2D eigenvalue weighted by molar-refractivity contribution is 14.0. The first-order valence-corrected chi connectivity index (χ1v) is 11.2. The fraction of sp³-hybridized carbons (Fsp3) is 0.480. The minimum Gasteiger partial charge on any atom is -0.497 e. The molecule has 0 spiro atoms. The number of aliphatic hydroxyl groups excluding tert-OH is 1. The van der Waals surface area contributed by atoms with Crippen molar-refractivity contribution in [3.8, 4) is 11.5 Å². The average Bonchev–Trinajstić information content (AvgIpc) is 2.82. The Kier molecular flexibility index (Phi) is 11.8. The molecule has 1 heterocycles. The van der Waals surface area contributed by atoms with E-state index in [0.29, 0.717) is 13.2 Å². The van der Waals surface area contributed by atoms with Gasteiger partial charge in [0.2, 0.25) is 0 Å². The van der Waals surface area contributed by atoms with E-state index in [4.69, 9.17) is 9.47 Å². The van der Waals surface area contributed by atoms with Crippen molar-refractivity contribution in [2.75, 3.05) is 47.4 Å². The SMILES string of the molecule is CN=C(NCc1ccc(CN2CCC(O)CC2)cc1)N(C)CCOc1ccc(OC)cc1.I. The van der Waals surface area contributed by atoms with Gasteiger partial charge < -0.3 is 24.8 Å². The number of likely N-dealkylation sites (tertiary alicyclic amines) is 1. The van der Waals surface area contributed by atoms with Crippen molar-refractivity contribution in [1.82, 2.24) is 15.1 Å². The van der Waals surface area contributed by atoms with E-state index in [1.165, 1.54) is 11.1 Å². The third kappa shape index (κ3) is 9.02. The highest BCUT2D eigenvalue weighted by atomic mass is 127. The van der Waals surface area contributed by atoms with Gasteiger partial charge in [-0.3, -0.25) is 9.89 Å². The zero-order valence-electron chi connectivity index (χ0n) is 19.9. The van der Waals surface area contributed by atoms with E-state index in [2.05, 4.69) is 44.4 Å². The average molecular weight is 569 g/mol. The van der Waals surface area contributed by atoms with Crippen LogP contribution in [-0.2, 0) is 13.1 Å². The van der Waals surface area contributed by atoms with E-state index in [-0.39, 0.29) is 30.1 Å². The Morgan fingerprint density at radius 3 is 2.27 bits per heavy atom. The second-order valence-electron chi connectivity index (χ2n) is 8.17. The number of nitrogens with one attached hydrogen (secondary N) is 1. The Morgan fingerprint density at radius 2 is 1.67 bits per heavy atom. The number of nitrogens with zero attached hydrogens (tertiary/aromatic N) is 3. The summed E-state index contributed by atoms with van der Waals surface area (Å²) < 4.78 is 11.0. The Morgan fingerprint density at radius 1 is 1.06 bits per heavy atom. The molecule has 1 saturated heterocycles. The van der Waals surface area contributed by atoms with Crippen LogP contribution >= 0.6 is 24.0 Å². The fourth-order valence-corrected chi connectivity index (χ4v) is 3.74. The summed E-state index contributed by atoms with van der Waals surface area (Å²) in [4.78, 5) is 8.85. The summed E-state index contributed by atoms with van der Waals surface area (Å²) in [6.07, 6.45) is 1.63. The van der Waals surface area contributed by atoms with Crippen LogP contribution in [0.5, 0.6) is 11.5 Å². The van der Waals surface area contributed by atoms with Crippen LogP contribution in [0.25, 0.3) is 0 Å². The third-order valence-corrected chi connectivity index (χ3v) is 5.77. The van der Waals surface area contributed by atoms with Crippen LogP contribution < -0.4 is 14.8 Å². The molecule has 0 unspecified atom stereocenters. The number of ether oxygens (including phenoxy) is 2. The predicted molar refractivity (Wildman–Crippen MR) is 144 cm³/mol. The second kappa shape index (κ2) is 14.3. The molecule has 2 aromatic carbocycles. The van der Waals surface area contributed by atoms with Crippen molar-refractivity contribution in [3.05, 3.63) is 59.7 Å². The molecule has 0 saturated carbocycles. The van der Waals surface area contributed by atoms with Crippen molar-refractivity contribution in [1.29, 1.82) is 0 Å². The Labute approximate surface area is 214 Å². The molecule has 0 aliphatic carbocycles. The van der Waals surface area contributed by atoms with Crippen LogP contribution in [0, 0.1) is 0 Å². The number of rotatable bonds is 9. The minimum atomic E-state index is -0.124. The van der Waals surface area contributed by atoms with E-state index in [0.717, 1.165) is 56.5 Å². The van der Waals surface area contributed by atoms with E-state index in [9.17, 15) is 5.11 Å². The van der Waals surface area contributed by atoms with Crippen molar-refractivity contribution in [2.24, 2.45) is 4.99 Å². The molecule has 1 fully saturated rings. The normalized spacial score (nSPS) is 15.0. The van der Waals surface area contributed by atoms with Crippen molar-refractivity contribution in [2.45, 2.75) is 32.0 Å². The van der Waals surface area contributed by atoms with Crippen molar-refractivity contribution < 1.29 is 14.6 Å². The molecule has 0 aromatic heterocycles. The summed E-state index contributed by atoms with van der Waals surface area (Å²) in [6, 6.07) is 16.3. The maximum absolute atomic E-state index is 9.65. The van der Waals surface area contributed by atoms with Gasteiger partial charge >= 0.3 is 0 Å². The number of hydrogen-bond donors (Lipinski definition) is 2. The maximum Gasteiger partial charge on any atom is 0.193 e. The molecule has 33 heavy (non-hydrogen) atoms. The Hall–Kier alpha value is -2.04. The summed E-state index contributed by atoms with van der Waals surface area (Å²) in [7, 11) is 5.45. The van der Waals surface area contributed by atoms with Gasteiger partial charge in [-0.25, -0.2) is 0 Å². The third-order valence-electron chi connectivity index (χ3n) is 5.77. The van der Waals surface area contributed by atoms with Crippen LogP contribution in [0.3, 0.4) is 0 Å². The van der Waals surface area contributed by atoms with Crippen molar-refractivity contribution >= 4 is 29.9 Å². The van der Waals surface area contributed by atoms with Gasteiger partial charge in [0.25, 0.3) is 0 Å². The minimum absolute atomic E-state index is 0. The van der Waals surface area contributed by atoms with Gasteiger partial charge in [0, 0.05) is 40.3 Å². The molecular formula is C25H37IN4O3. The highest BCUT2D eigenvalue weighted by Crippen LogP contribution is 2.17. The van der Waals surface area contributed by atoms with E-state index >= 15 is 0 Å². The van der Waals surface area contributed by atoms with Crippen LogP contribution in [-0.4, -0.2) is 74.4 Å². The number of benzene rings is 2. The summed E-state index contributed by atoms with van der Waals surface area (Å²) in [5.41, 5.74) is 2.52. The molecule has 0 bridgehead atoms. The molecule has 0 radical (unpaired) electrons. The molecule has 2 aromatic rings. The van der Waals surface area contributed by atoms with Crippen LogP contribution in [0.4, 0.5) is 0 Å². The van der Waals surface area contributed by atoms with E-state index in [1.54, 1.807) is 14.2 Å². The first-order chi connectivity index (χ1) is 15.6. The molecular weight excluding hydrogens is 531 g/mol. The topological polar surface area (TPSA) is 69.6 Å². The smallest absolute Gasteiger partial charge is 0.193 e. The first-order valence-electron chi connectivity index (χ1n) is 11.2.